The van der Waals surface area contributed by atoms with Crippen LogP contribution in [0.5, 0.6) is 0 Å². The number of piperidine rings is 2. The molecule has 2 unspecified atom stereocenters. The molecular weight excluding hydrogens is 844 g/mol. The predicted molar refractivity (Wildman–Crippen MR) is 233 cm³/mol. The molecule has 0 radical (unpaired) electrons. The molecule has 0 aliphatic carbocycles. The number of hydrogen-bond donors (Lipinski definition) is 2. The highest BCUT2D eigenvalue weighted by Gasteiger charge is 2.47. The maximum Gasteiger partial charge on any atom is 0.416 e. The number of β-amino-alcohol motifs (C(OH)–C–C–N with tert-alkyl or cyclic N) is 1. The van der Waals surface area contributed by atoms with Crippen LogP contribution in [0, 0.1) is 0 Å². The second-order valence-corrected chi connectivity index (χ2v) is 21.9. The van der Waals surface area contributed by atoms with Crippen molar-refractivity contribution in [1.29, 1.82) is 0 Å². The first kappa shape index (κ1) is 44.7. The molecule has 10 nitrogen and oxygen atoms in total. The van der Waals surface area contributed by atoms with Crippen LogP contribution in [0.3, 0.4) is 0 Å². The first-order valence-electron chi connectivity index (χ1n) is 21.5. The summed E-state index contributed by atoms with van der Waals surface area (Å²) in [6.45, 7) is 13.0. The fraction of sp³-hybridized carbons (Fsp3) is 0.578. The van der Waals surface area contributed by atoms with E-state index in [0.717, 1.165) is 82.3 Å². The molecule has 7 heterocycles. The summed E-state index contributed by atoms with van der Waals surface area (Å²) >= 11 is 3.87. The predicted octanol–water partition coefficient (Wildman–Crippen LogP) is 7.91. The van der Waals surface area contributed by atoms with E-state index in [4.69, 9.17) is 9.47 Å². The molecule has 4 aliphatic heterocycles. The van der Waals surface area contributed by atoms with Gasteiger partial charge < -0.3 is 14.6 Å². The average Bonchev–Trinajstić information content (AvgIpc) is 4.01. The van der Waals surface area contributed by atoms with Gasteiger partial charge in [-0.15, -0.1) is 29.3 Å². The molecule has 16 heteroatoms. The summed E-state index contributed by atoms with van der Waals surface area (Å²) in [6.07, 6.45) is 7.28. The zero-order valence-electron chi connectivity index (χ0n) is 35.3. The first-order chi connectivity index (χ1) is 29.1. The zero-order chi connectivity index (χ0) is 43.2. The van der Waals surface area contributed by atoms with E-state index < -0.39 is 33.5 Å². The quantitative estimate of drug-likeness (QED) is 0.123. The number of fused-ring (bicyclic) bond motifs is 4. The van der Waals surface area contributed by atoms with E-state index in [0.29, 0.717) is 38.1 Å². The Balaban J connectivity index is 0.880. The van der Waals surface area contributed by atoms with Crippen LogP contribution in [0.2, 0.25) is 0 Å². The third kappa shape index (κ3) is 9.63. The van der Waals surface area contributed by atoms with Crippen molar-refractivity contribution < 1.29 is 36.2 Å². The number of benzene rings is 1. The number of likely N-dealkylation sites (tertiary alicyclic amines) is 2. The number of ether oxygens (including phenoxy) is 2. The molecule has 332 valence electrons. The second kappa shape index (κ2) is 17.9. The molecule has 2 N–H and O–H groups in total. The van der Waals surface area contributed by atoms with Gasteiger partial charge in [0.1, 0.15) is 0 Å². The van der Waals surface area contributed by atoms with Crippen LogP contribution in [0.4, 0.5) is 13.2 Å². The first-order valence-corrected chi connectivity index (χ1v) is 24.8. The molecule has 61 heavy (non-hydrogen) atoms. The zero-order valence-corrected chi connectivity index (χ0v) is 37.7. The average molecular weight is 902 g/mol. The highest BCUT2D eigenvalue weighted by Crippen LogP contribution is 2.49. The normalized spacial score (nSPS) is 26.0. The number of sulfonamides is 1. The molecule has 6 atom stereocenters. The minimum absolute atomic E-state index is 0.00707. The summed E-state index contributed by atoms with van der Waals surface area (Å²) < 4.78 is 81.3. The van der Waals surface area contributed by atoms with Crippen LogP contribution in [-0.4, -0.2) is 90.8 Å². The van der Waals surface area contributed by atoms with Gasteiger partial charge in [0.15, 0.2) is 0 Å². The van der Waals surface area contributed by atoms with Crippen molar-refractivity contribution in [3.05, 3.63) is 109 Å². The Hall–Kier alpha value is -2.93. The van der Waals surface area contributed by atoms with E-state index in [9.17, 15) is 26.7 Å². The summed E-state index contributed by atoms with van der Waals surface area (Å²) in [5.41, 5.74) is 2.51. The van der Waals surface area contributed by atoms with Crippen LogP contribution in [0.15, 0.2) is 61.4 Å². The van der Waals surface area contributed by atoms with Gasteiger partial charge in [0.2, 0.25) is 10.0 Å². The van der Waals surface area contributed by atoms with E-state index in [1.807, 2.05) is 41.1 Å². The number of thiophene rings is 2. The van der Waals surface area contributed by atoms with Crippen LogP contribution >= 0.6 is 22.7 Å². The number of aryl methyl sites for hydroxylation is 2. The number of halogens is 3. The van der Waals surface area contributed by atoms with E-state index in [2.05, 4.69) is 52.2 Å². The Morgan fingerprint density at radius 2 is 1.75 bits per heavy atom. The molecule has 0 amide bonds. The summed E-state index contributed by atoms with van der Waals surface area (Å²) in [7, 11) is -1.87. The Kier molecular flexibility index (Phi) is 13.1. The highest BCUT2D eigenvalue weighted by molar-refractivity contribution is 7.89. The molecule has 0 bridgehead atoms. The highest BCUT2D eigenvalue weighted by atomic mass is 32.2. The Bertz CT molecular complexity index is 2290. The molecule has 0 saturated carbocycles. The number of alkyl halides is 3. The molecule has 2 spiro atoms. The SMILES string of the molecule is C=C[C@H]1C[C@@]2(CCN1CC(O)c1cccc(C(F)(F)F)c1)OCCc1sc(CCC(C)c3cc4c(s3)CCO[C@@]43CCN(Cc4cnn(CCS(=O)(=O)NC)c4)[C@@H](C)C3)cc12. The molecule has 2 fully saturated rings. The van der Waals surface area contributed by atoms with Crippen molar-refractivity contribution in [2.45, 2.75) is 120 Å². The summed E-state index contributed by atoms with van der Waals surface area (Å²) in [5, 5.41) is 15.5. The van der Waals surface area contributed by atoms with Crippen LogP contribution in [0.1, 0.15) is 105 Å². The molecule has 4 aliphatic rings. The lowest BCUT2D eigenvalue weighted by Crippen LogP contribution is -2.51. The molecule has 4 aromatic rings. The van der Waals surface area contributed by atoms with Gasteiger partial charge in [-0.2, -0.15) is 18.3 Å². The third-order valence-electron chi connectivity index (χ3n) is 13.5. The van der Waals surface area contributed by atoms with E-state index in [1.165, 1.54) is 43.7 Å². The largest absolute Gasteiger partial charge is 0.416 e. The van der Waals surface area contributed by atoms with Gasteiger partial charge in [-0.1, -0.05) is 25.1 Å². The lowest BCUT2D eigenvalue weighted by molar-refractivity contribution is -0.137. The summed E-state index contributed by atoms with van der Waals surface area (Å²) in [6, 6.07) is 10.0. The molecule has 2 saturated heterocycles. The van der Waals surface area contributed by atoms with Crippen molar-refractivity contribution in [3.63, 3.8) is 0 Å². The van der Waals surface area contributed by atoms with Crippen LogP contribution in [-0.2, 0) is 69.2 Å². The number of aliphatic hydroxyl groups is 1. The maximum atomic E-state index is 13.4. The minimum Gasteiger partial charge on any atom is -0.387 e. The van der Waals surface area contributed by atoms with Gasteiger partial charge in [-0.25, -0.2) is 13.1 Å². The van der Waals surface area contributed by atoms with Gasteiger partial charge in [-0.05, 0) is 99.4 Å². The lowest BCUT2D eigenvalue weighted by atomic mass is 9.78. The smallest absolute Gasteiger partial charge is 0.387 e. The topological polar surface area (TPSA) is 109 Å². The van der Waals surface area contributed by atoms with Gasteiger partial charge in [0.05, 0.1) is 54.6 Å². The van der Waals surface area contributed by atoms with Gasteiger partial charge >= 0.3 is 6.18 Å². The number of aromatic nitrogens is 2. The Morgan fingerprint density at radius 1 is 1.05 bits per heavy atom. The molecular formula is C45H58F3N5O5S3. The standard InChI is InChI=1S/C45H58F3N5O5S3/c1-5-35-25-44(14-16-52(35)29-39(54)33-7-6-8-34(21-33)45(46,47)48)37-22-36(59-40(37)11-18-58-44)10-9-30(2)42-23-38-41(60-42)12-19-57-43(38)13-15-51(31(3)24-43)27-32-26-50-53(28-32)17-20-61(55,56)49-4/h5-8,21-23,26,28,30-31,35,39,49,54H,1,9-20,24-25,27,29H2,2-4H3/t30?,31-,35-,39?,43+,44+/m0/s1. The number of aliphatic hydroxyl groups excluding tert-OH is 1. The maximum absolute atomic E-state index is 13.4. The van der Waals surface area contributed by atoms with Crippen molar-refractivity contribution in [2.75, 3.05) is 45.6 Å². The van der Waals surface area contributed by atoms with Crippen LogP contribution in [0.25, 0.3) is 0 Å². The molecule has 3 aromatic heterocycles. The minimum atomic E-state index is -4.47. The molecule has 1 aromatic carbocycles. The van der Waals surface area contributed by atoms with Crippen molar-refractivity contribution in [1.82, 2.24) is 24.3 Å². The van der Waals surface area contributed by atoms with Gasteiger partial charge in [0.25, 0.3) is 0 Å². The summed E-state index contributed by atoms with van der Waals surface area (Å²) in [4.78, 5) is 10.2. The fourth-order valence-corrected chi connectivity index (χ4v) is 13.2. The number of hydrogen-bond acceptors (Lipinski definition) is 10. The molecule has 8 rings (SSSR count). The second-order valence-electron chi connectivity index (χ2n) is 17.5. The number of nitrogens with one attached hydrogen (secondary N) is 1. The third-order valence-corrected chi connectivity index (χ3v) is 17.5. The van der Waals surface area contributed by atoms with E-state index in [1.54, 1.807) is 10.7 Å². The summed E-state index contributed by atoms with van der Waals surface area (Å²) in [5.74, 6) is 0.387. The fourth-order valence-electron chi connectivity index (χ4n) is 9.94. The van der Waals surface area contributed by atoms with Crippen molar-refractivity contribution in [3.8, 4) is 0 Å². The van der Waals surface area contributed by atoms with E-state index in [-0.39, 0.29) is 29.5 Å². The van der Waals surface area contributed by atoms with Gasteiger partial charge in [0, 0.05) is 82.4 Å². The van der Waals surface area contributed by atoms with E-state index >= 15 is 0 Å². The van der Waals surface area contributed by atoms with Gasteiger partial charge in [-0.3, -0.25) is 14.5 Å². The van der Waals surface area contributed by atoms with Crippen LogP contribution < -0.4 is 4.72 Å². The number of nitrogens with zero attached hydrogens (tertiary/aromatic N) is 4. The lowest BCUT2D eigenvalue weighted by Gasteiger charge is -2.48. The number of rotatable bonds is 14. The monoisotopic (exact) mass is 901 g/mol. The van der Waals surface area contributed by atoms with Crippen molar-refractivity contribution in [2.24, 2.45) is 0 Å². The Labute approximate surface area is 365 Å². The van der Waals surface area contributed by atoms with Crippen molar-refractivity contribution >= 4 is 32.7 Å². The Morgan fingerprint density at radius 3 is 2.46 bits per heavy atom.